The third-order valence-corrected chi connectivity index (χ3v) is 6.47. The van der Waals surface area contributed by atoms with Crippen molar-refractivity contribution >= 4 is 17.8 Å². The van der Waals surface area contributed by atoms with Crippen LogP contribution in [-0.2, 0) is 43.3 Å². The van der Waals surface area contributed by atoms with Crippen molar-refractivity contribution in [2.24, 2.45) is 0 Å². The van der Waals surface area contributed by atoms with Crippen LogP contribution in [0.25, 0.3) is 0 Å². The second-order valence-corrected chi connectivity index (χ2v) is 9.19. The van der Waals surface area contributed by atoms with Crippen molar-refractivity contribution in [3.8, 4) is 0 Å². The van der Waals surface area contributed by atoms with E-state index in [1.165, 1.54) is 4.90 Å². The molecule has 11 heteroatoms. The molecule has 0 saturated heterocycles. The van der Waals surface area contributed by atoms with E-state index in [-0.39, 0.29) is 26.2 Å². The lowest BCUT2D eigenvalue weighted by molar-refractivity contribution is -0.757. The molecule has 11 nitrogen and oxygen atoms in total. The molecule has 1 aliphatic rings. The second kappa shape index (κ2) is 14.1. The van der Waals surface area contributed by atoms with Gasteiger partial charge in [0.2, 0.25) is 5.91 Å². The quantitative estimate of drug-likeness (QED) is 0.164. The van der Waals surface area contributed by atoms with Crippen LogP contribution in [0.4, 0.5) is 0 Å². The summed E-state index contributed by atoms with van der Waals surface area (Å²) in [7, 11) is 0. The zero-order valence-electron chi connectivity index (χ0n) is 21.3. The summed E-state index contributed by atoms with van der Waals surface area (Å²) in [6.45, 7) is 1.73. The van der Waals surface area contributed by atoms with Crippen LogP contribution in [0, 0.1) is 10.1 Å². The van der Waals surface area contributed by atoms with Crippen molar-refractivity contribution in [2.45, 2.75) is 63.7 Å². The van der Waals surface area contributed by atoms with Gasteiger partial charge in [-0.15, -0.1) is 10.1 Å². The van der Waals surface area contributed by atoms with E-state index in [2.05, 4.69) is 10.2 Å². The highest BCUT2D eigenvalue weighted by atomic mass is 16.9. The molecule has 2 aromatic rings. The average molecular weight is 528 g/mol. The zero-order chi connectivity index (χ0) is 27.5. The summed E-state index contributed by atoms with van der Waals surface area (Å²) in [6, 6.07) is 14.4. The summed E-state index contributed by atoms with van der Waals surface area (Å²) in [5.74, 6) is -2.03. The van der Waals surface area contributed by atoms with Gasteiger partial charge in [0.25, 0.3) is 5.09 Å². The second-order valence-electron chi connectivity index (χ2n) is 9.19. The minimum atomic E-state index is -1.05. The number of carboxylic acids is 1. The lowest BCUT2D eigenvalue weighted by atomic mass is 9.93. The minimum Gasteiger partial charge on any atom is -0.480 e. The van der Waals surface area contributed by atoms with Crippen molar-refractivity contribution in [3.63, 3.8) is 0 Å². The van der Waals surface area contributed by atoms with Gasteiger partial charge in [-0.1, -0.05) is 54.6 Å². The number of esters is 1. The molecule has 2 aromatic carbocycles. The maximum atomic E-state index is 13.5. The Morgan fingerprint density at radius 2 is 1.74 bits per heavy atom. The van der Waals surface area contributed by atoms with E-state index in [1.54, 1.807) is 6.92 Å². The van der Waals surface area contributed by atoms with Gasteiger partial charge in [0, 0.05) is 13.0 Å². The van der Waals surface area contributed by atoms with E-state index < -0.39 is 41.1 Å². The summed E-state index contributed by atoms with van der Waals surface area (Å²) in [4.78, 5) is 54.4. The standard InChI is InChI=1S/C27H33N3O8/c1-19(28-23(26(32)33)14-13-20-9-3-2-4-10-20)25(31)29-18-22-12-6-5-11-21(22)17-24(29)27(34)37-15-7-8-16-38-30(35)36/h2-6,9-12,19,23-24,28H,7-8,13-18H2,1H3,(H,32,33). The van der Waals surface area contributed by atoms with Gasteiger partial charge >= 0.3 is 11.9 Å². The summed E-state index contributed by atoms with van der Waals surface area (Å²) in [5.41, 5.74) is 2.84. The maximum Gasteiger partial charge on any atom is 0.329 e. The highest BCUT2D eigenvalue weighted by Gasteiger charge is 2.38. The van der Waals surface area contributed by atoms with Crippen LogP contribution in [-0.4, -0.2) is 64.3 Å². The van der Waals surface area contributed by atoms with Gasteiger partial charge in [-0.3, -0.25) is 14.9 Å². The van der Waals surface area contributed by atoms with Crippen molar-refractivity contribution in [1.82, 2.24) is 10.2 Å². The number of carbonyl (C=O) groups excluding carboxylic acids is 2. The first-order valence-corrected chi connectivity index (χ1v) is 12.6. The average Bonchev–Trinajstić information content (AvgIpc) is 2.91. The molecule has 1 amide bonds. The first kappa shape index (κ1) is 28.6. The van der Waals surface area contributed by atoms with E-state index in [0.717, 1.165) is 16.7 Å². The van der Waals surface area contributed by atoms with Gasteiger partial charge in [0.05, 0.1) is 19.3 Å². The predicted octanol–water partition coefficient (Wildman–Crippen LogP) is 2.54. The highest BCUT2D eigenvalue weighted by Crippen LogP contribution is 2.25. The molecule has 3 unspecified atom stereocenters. The van der Waals surface area contributed by atoms with E-state index >= 15 is 0 Å². The Morgan fingerprint density at radius 3 is 2.42 bits per heavy atom. The molecule has 0 aromatic heterocycles. The summed E-state index contributed by atoms with van der Waals surface area (Å²) >= 11 is 0. The lowest BCUT2D eigenvalue weighted by Crippen LogP contribution is -2.56. The number of nitrogens with zero attached hydrogens (tertiary/aromatic N) is 2. The Bertz CT molecular complexity index is 1110. The number of nitrogens with one attached hydrogen (secondary N) is 1. The summed E-state index contributed by atoms with van der Waals surface area (Å²) in [5, 5.41) is 22.0. The fraction of sp³-hybridized carbons (Fsp3) is 0.444. The number of rotatable bonds is 14. The molecular formula is C27H33N3O8. The van der Waals surface area contributed by atoms with Crippen LogP contribution in [0.3, 0.4) is 0 Å². The van der Waals surface area contributed by atoms with Crippen LogP contribution >= 0.6 is 0 Å². The van der Waals surface area contributed by atoms with Crippen LogP contribution in [0.15, 0.2) is 54.6 Å². The Hall–Kier alpha value is -3.99. The fourth-order valence-electron chi connectivity index (χ4n) is 4.43. The summed E-state index contributed by atoms with van der Waals surface area (Å²) in [6.07, 6.45) is 1.81. The van der Waals surface area contributed by atoms with Crippen LogP contribution in [0.5, 0.6) is 0 Å². The predicted molar refractivity (Wildman–Crippen MR) is 136 cm³/mol. The van der Waals surface area contributed by atoms with Gasteiger partial charge in [0.15, 0.2) is 0 Å². The molecule has 204 valence electrons. The van der Waals surface area contributed by atoms with Gasteiger partial charge in [0.1, 0.15) is 12.1 Å². The Labute approximate surface area is 220 Å². The van der Waals surface area contributed by atoms with Crippen LogP contribution in [0.2, 0.25) is 0 Å². The number of aliphatic carboxylic acids is 1. The SMILES string of the molecule is CC(NC(CCc1ccccc1)C(=O)O)C(=O)N1Cc2ccccc2CC1C(=O)OCCCCO[N+](=O)[O-]. The van der Waals surface area contributed by atoms with E-state index in [1.807, 2.05) is 54.6 Å². The summed E-state index contributed by atoms with van der Waals surface area (Å²) < 4.78 is 5.40. The van der Waals surface area contributed by atoms with Gasteiger partial charge in [-0.05, 0) is 49.3 Å². The van der Waals surface area contributed by atoms with Crippen LogP contribution in [0.1, 0.15) is 42.9 Å². The number of amides is 1. The molecular weight excluding hydrogens is 494 g/mol. The van der Waals surface area contributed by atoms with Crippen molar-refractivity contribution in [2.75, 3.05) is 13.2 Å². The first-order valence-electron chi connectivity index (χ1n) is 12.6. The Kier molecular flexibility index (Phi) is 10.6. The largest absolute Gasteiger partial charge is 0.480 e. The fourth-order valence-corrected chi connectivity index (χ4v) is 4.43. The molecule has 0 spiro atoms. The zero-order valence-corrected chi connectivity index (χ0v) is 21.3. The van der Waals surface area contributed by atoms with E-state index in [9.17, 15) is 29.6 Å². The molecule has 0 saturated carbocycles. The first-order chi connectivity index (χ1) is 18.3. The number of fused-ring (bicyclic) bond motifs is 1. The number of aryl methyl sites for hydroxylation is 1. The van der Waals surface area contributed by atoms with Gasteiger partial charge < -0.3 is 19.6 Å². The molecule has 0 radical (unpaired) electrons. The molecule has 1 aliphatic heterocycles. The lowest BCUT2D eigenvalue weighted by Gasteiger charge is -2.37. The Balaban J connectivity index is 1.64. The van der Waals surface area contributed by atoms with Crippen molar-refractivity contribution in [1.29, 1.82) is 0 Å². The van der Waals surface area contributed by atoms with Gasteiger partial charge in [-0.25, -0.2) is 4.79 Å². The molecule has 3 rings (SSSR count). The molecule has 3 atom stereocenters. The molecule has 0 bridgehead atoms. The number of benzene rings is 2. The normalized spacial score (nSPS) is 16.1. The number of carboxylic acid groups (broad SMARTS) is 1. The van der Waals surface area contributed by atoms with E-state index in [0.29, 0.717) is 25.7 Å². The minimum absolute atomic E-state index is 0.0362. The highest BCUT2D eigenvalue weighted by molar-refractivity contribution is 5.88. The molecule has 1 heterocycles. The van der Waals surface area contributed by atoms with Crippen molar-refractivity contribution in [3.05, 3.63) is 81.4 Å². The van der Waals surface area contributed by atoms with Gasteiger partial charge in [-0.2, -0.15) is 0 Å². The van der Waals surface area contributed by atoms with E-state index in [4.69, 9.17) is 4.74 Å². The molecule has 0 fully saturated rings. The monoisotopic (exact) mass is 527 g/mol. The topological polar surface area (TPSA) is 148 Å². The molecule has 0 aliphatic carbocycles. The molecule has 38 heavy (non-hydrogen) atoms. The maximum absolute atomic E-state index is 13.5. The number of hydrogen-bond acceptors (Lipinski definition) is 8. The number of ether oxygens (including phenoxy) is 1. The smallest absolute Gasteiger partial charge is 0.329 e. The Morgan fingerprint density at radius 1 is 1.08 bits per heavy atom. The third kappa shape index (κ3) is 8.27. The third-order valence-electron chi connectivity index (χ3n) is 6.47. The van der Waals surface area contributed by atoms with Crippen LogP contribution < -0.4 is 5.32 Å². The molecule has 2 N–H and O–H groups in total. The van der Waals surface area contributed by atoms with Crippen molar-refractivity contribution < 1.29 is 34.2 Å². The number of hydrogen-bond donors (Lipinski definition) is 2. The number of unbranched alkanes of at least 4 members (excludes halogenated alkanes) is 1. The number of carbonyl (C=O) groups is 3.